The van der Waals surface area contributed by atoms with Crippen molar-refractivity contribution >= 4 is 23.3 Å². The Balaban J connectivity index is 0.000000301. The van der Waals surface area contributed by atoms with Crippen LogP contribution < -0.4 is 4.74 Å². The first-order valence-corrected chi connectivity index (χ1v) is 11.9. The maximum absolute atomic E-state index is 10.6. The van der Waals surface area contributed by atoms with Gasteiger partial charge in [0.05, 0.1) is 18.8 Å². The zero-order valence-electron chi connectivity index (χ0n) is 20.0. The van der Waals surface area contributed by atoms with Crippen molar-refractivity contribution in [1.82, 2.24) is 14.9 Å². The molecule has 2 aliphatic heterocycles. The van der Waals surface area contributed by atoms with Gasteiger partial charge in [-0.15, -0.1) is 11.3 Å². The number of aliphatic carboxylic acids is 2. The van der Waals surface area contributed by atoms with E-state index in [0.717, 1.165) is 38.2 Å². The first kappa shape index (κ1) is 31.2. The van der Waals surface area contributed by atoms with Gasteiger partial charge in [0, 0.05) is 36.3 Å². The van der Waals surface area contributed by atoms with Gasteiger partial charge in [0.25, 0.3) is 0 Å². The number of nitrogens with zero attached hydrogens (tertiary/aromatic N) is 3. The summed E-state index contributed by atoms with van der Waals surface area (Å²) in [7, 11) is 0. The third-order valence-corrected chi connectivity index (χ3v) is 6.18. The molecule has 4 heterocycles. The van der Waals surface area contributed by atoms with Crippen LogP contribution in [-0.4, -0.2) is 80.8 Å². The molecule has 38 heavy (non-hydrogen) atoms. The van der Waals surface area contributed by atoms with Gasteiger partial charge in [0.15, 0.2) is 0 Å². The highest BCUT2D eigenvalue weighted by atomic mass is 32.1. The first-order valence-electron chi connectivity index (χ1n) is 11.0. The lowest BCUT2D eigenvalue weighted by atomic mass is 9.89. The van der Waals surface area contributed by atoms with Crippen molar-refractivity contribution < 1.29 is 55.6 Å². The highest BCUT2D eigenvalue weighted by molar-refractivity contribution is 7.09. The van der Waals surface area contributed by atoms with Gasteiger partial charge in [0.2, 0.25) is 5.88 Å². The monoisotopic (exact) mass is 573 g/mol. The summed E-state index contributed by atoms with van der Waals surface area (Å²) in [6.45, 7) is 5.72. The number of carboxylic acid groups (broad SMARTS) is 2. The van der Waals surface area contributed by atoms with Crippen molar-refractivity contribution in [3.8, 4) is 5.88 Å². The number of pyridine rings is 1. The number of carbonyl (C=O) groups is 2. The van der Waals surface area contributed by atoms with E-state index >= 15 is 0 Å². The number of carboxylic acids is 2. The topological polar surface area (TPSA) is 122 Å². The molecule has 0 bridgehead atoms. The van der Waals surface area contributed by atoms with Crippen LogP contribution in [0.5, 0.6) is 5.88 Å². The Bertz CT molecular complexity index is 1030. The molecule has 2 N–H and O–H groups in total. The number of hydrogen-bond acceptors (Lipinski definition) is 8. The SMILES string of the molecule is Cc1csc(CN2CCC[C@]3(C[C@H](Oc4ccccn4)CO3)C2)n1.O=C(O)C(F)(F)F.O=C(O)C(F)(F)F. The Morgan fingerprint density at radius 1 is 1.18 bits per heavy atom. The summed E-state index contributed by atoms with van der Waals surface area (Å²) in [4.78, 5) is 29.1. The van der Waals surface area contributed by atoms with Crippen LogP contribution in [-0.2, 0) is 20.9 Å². The molecule has 1 spiro atoms. The average molecular weight is 574 g/mol. The molecule has 0 radical (unpaired) electrons. The fourth-order valence-electron chi connectivity index (χ4n) is 3.74. The van der Waals surface area contributed by atoms with Gasteiger partial charge >= 0.3 is 24.3 Å². The lowest BCUT2D eigenvalue weighted by molar-refractivity contribution is -0.193. The van der Waals surface area contributed by atoms with Crippen molar-refractivity contribution in [2.75, 3.05) is 19.7 Å². The summed E-state index contributed by atoms with van der Waals surface area (Å²) in [6.07, 6.45) is -5.08. The third kappa shape index (κ3) is 10.4. The number of aryl methyl sites for hydroxylation is 1. The second-order valence-corrected chi connectivity index (χ2v) is 9.35. The molecule has 0 aromatic carbocycles. The Morgan fingerprint density at radius 2 is 1.82 bits per heavy atom. The van der Waals surface area contributed by atoms with E-state index in [4.69, 9.17) is 29.3 Å². The maximum atomic E-state index is 10.6. The van der Waals surface area contributed by atoms with Crippen LogP contribution in [0.4, 0.5) is 26.3 Å². The Kier molecular flexibility index (Phi) is 10.8. The van der Waals surface area contributed by atoms with Crippen LogP contribution in [0.15, 0.2) is 29.8 Å². The van der Waals surface area contributed by atoms with Crippen LogP contribution in [0.25, 0.3) is 0 Å². The molecule has 4 rings (SSSR count). The highest BCUT2D eigenvalue weighted by Crippen LogP contribution is 2.36. The van der Waals surface area contributed by atoms with Crippen molar-refractivity contribution in [2.24, 2.45) is 0 Å². The number of likely N-dealkylation sites (tertiary alicyclic amines) is 1. The number of rotatable bonds is 4. The van der Waals surface area contributed by atoms with Crippen LogP contribution in [0, 0.1) is 6.92 Å². The molecule has 16 heteroatoms. The second-order valence-electron chi connectivity index (χ2n) is 8.41. The average Bonchev–Trinajstić information content (AvgIpc) is 3.39. The lowest BCUT2D eigenvalue weighted by Gasteiger charge is -2.39. The van der Waals surface area contributed by atoms with E-state index in [9.17, 15) is 26.3 Å². The van der Waals surface area contributed by atoms with Gasteiger partial charge in [-0.2, -0.15) is 26.3 Å². The predicted molar refractivity (Wildman–Crippen MR) is 121 cm³/mol. The summed E-state index contributed by atoms with van der Waals surface area (Å²) in [5.41, 5.74) is 1.05. The van der Waals surface area contributed by atoms with Crippen LogP contribution in [0.1, 0.15) is 30.0 Å². The molecule has 212 valence electrons. The zero-order chi connectivity index (χ0) is 28.6. The molecule has 2 aromatic rings. The number of halogens is 6. The smallest absolute Gasteiger partial charge is 0.475 e. The minimum Gasteiger partial charge on any atom is -0.475 e. The fraction of sp³-hybridized carbons (Fsp3) is 0.545. The minimum absolute atomic E-state index is 0.0655. The van der Waals surface area contributed by atoms with Gasteiger partial charge in [0.1, 0.15) is 11.1 Å². The van der Waals surface area contributed by atoms with Gasteiger partial charge in [-0.05, 0) is 32.4 Å². The van der Waals surface area contributed by atoms with Crippen LogP contribution >= 0.6 is 11.3 Å². The van der Waals surface area contributed by atoms with Crippen LogP contribution in [0.2, 0.25) is 0 Å². The standard InChI is InChI=1S/C18H23N3O2S.2C2HF3O2/c1-14-12-24-17(20-14)10-21-8-4-6-18(13-21)9-15(11-22-18)23-16-5-2-3-7-19-16;2*3-2(4,5)1(6)7/h2-3,5,7,12,15H,4,6,8-11,13H2,1H3;2*(H,6,7)/t15-,18-;;/m0../s1. The number of piperidine rings is 1. The summed E-state index contributed by atoms with van der Waals surface area (Å²) in [5.74, 6) is -4.82. The molecular weight excluding hydrogens is 548 g/mol. The molecule has 0 amide bonds. The molecular formula is C22H25F6N3O6S. The minimum atomic E-state index is -5.08. The second kappa shape index (κ2) is 13.2. The molecule has 2 aromatic heterocycles. The first-order chi connectivity index (χ1) is 17.6. The third-order valence-electron chi connectivity index (χ3n) is 5.23. The largest absolute Gasteiger partial charge is 0.490 e. The van der Waals surface area contributed by atoms with Gasteiger partial charge < -0.3 is 19.7 Å². The van der Waals surface area contributed by atoms with E-state index in [0.29, 0.717) is 12.5 Å². The molecule has 0 saturated carbocycles. The van der Waals surface area contributed by atoms with Gasteiger partial charge in [-0.3, -0.25) is 4.90 Å². The van der Waals surface area contributed by atoms with Gasteiger partial charge in [-0.1, -0.05) is 6.07 Å². The van der Waals surface area contributed by atoms with Crippen molar-refractivity contribution in [3.05, 3.63) is 40.5 Å². The van der Waals surface area contributed by atoms with E-state index in [1.807, 2.05) is 18.2 Å². The van der Waals surface area contributed by atoms with E-state index in [2.05, 4.69) is 27.2 Å². The Hall–Kier alpha value is -2.98. The fourth-order valence-corrected chi connectivity index (χ4v) is 4.56. The molecule has 0 aliphatic carbocycles. The number of hydrogen-bond donors (Lipinski definition) is 2. The molecule has 2 saturated heterocycles. The Labute approximate surface area is 217 Å². The number of ether oxygens (including phenoxy) is 2. The summed E-state index contributed by atoms with van der Waals surface area (Å²) >= 11 is 1.75. The van der Waals surface area contributed by atoms with Crippen molar-refractivity contribution in [3.63, 3.8) is 0 Å². The van der Waals surface area contributed by atoms with Crippen molar-refractivity contribution in [1.29, 1.82) is 0 Å². The number of thiazole rings is 1. The normalized spacial score (nSPS) is 21.6. The summed E-state index contributed by atoms with van der Waals surface area (Å²) in [5, 5.41) is 17.6. The van der Waals surface area contributed by atoms with Crippen LogP contribution in [0.3, 0.4) is 0 Å². The molecule has 9 nitrogen and oxygen atoms in total. The molecule has 2 aliphatic rings. The lowest BCUT2D eigenvalue weighted by Crippen LogP contribution is -2.47. The van der Waals surface area contributed by atoms with E-state index in [1.54, 1.807) is 17.5 Å². The number of aromatic nitrogens is 2. The van der Waals surface area contributed by atoms with E-state index in [1.165, 1.54) is 11.4 Å². The number of alkyl halides is 6. The van der Waals surface area contributed by atoms with Crippen molar-refractivity contribution in [2.45, 2.75) is 56.8 Å². The molecule has 2 fully saturated rings. The zero-order valence-corrected chi connectivity index (χ0v) is 20.8. The quantitative estimate of drug-likeness (QED) is 0.515. The maximum Gasteiger partial charge on any atom is 0.490 e. The molecule has 0 unspecified atom stereocenters. The van der Waals surface area contributed by atoms with E-state index in [-0.39, 0.29) is 11.7 Å². The summed E-state index contributed by atoms with van der Waals surface area (Å²) < 4.78 is 75.7. The highest BCUT2D eigenvalue weighted by Gasteiger charge is 2.44. The summed E-state index contributed by atoms with van der Waals surface area (Å²) in [6, 6.07) is 5.76. The predicted octanol–water partition coefficient (Wildman–Crippen LogP) is 4.32. The van der Waals surface area contributed by atoms with E-state index < -0.39 is 24.3 Å². The molecule has 2 atom stereocenters. The Morgan fingerprint density at radius 3 is 2.32 bits per heavy atom. The van der Waals surface area contributed by atoms with Gasteiger partial charge in [-0.25, -0.2) is 19.6 Å².